The molecule has 0 saturated heterocycles. The van der Waals surface area contributed by atoms with Crippen LogP contribution in [0.2, 0.25) is 0 Å². The van der Waals surface area contributed by atoms with Crippen molar-refractivity contribution < 1.29 is 32.1 Å². The van der Waals surface area contributed by atoms with Crippen LogP contribution in [-0.2, 0) is 21.2 Å². The number of carbonyl (C=O) groups is 2. The molecule has 0 amide bonds. The number of nitrogens with zero attached hydrogens (tertiary/aromatic N) is 1. The average Bonchev–Trinajstić information content (AvgIpc) is 3.20. The van der Waals surface area contributed by atoms with Crippen molar-refractivity contribution in [2.45, 2.75) is 6.42 Å². The minimum atomic E-state index is -3.27. The van der Waals surface area contributed by atoms with Gasteiger partial charge in [0, 0.05) is 11.4 Å². The lowest BCUT2D eigenvalue weighted by atomic mass is 10.3. The number of Topliss-reactive ketones (excluding diaryl/α,β-unsaturated/α-hetero) is 1. The van der Waals surface area contributed by atoms with Crippen molar-refractivity contribution in [2.75, 3.05) is 19.4 Å². The van der Waals surface area contributed by atoms with E-state index in [9.17, 15) is 28.1 Å². The number of nitro groups is 1. The van der Waals surface area contributed by atoms with Gasteiger partial charge >= 0.3 is 11.9 Å². The van der Waals surface area contributed by atoms with Gasteiger partial charge in [-0.3, -0.25) is 14.9 Å². The number of rotatable bonds is 9. The van der Waals surface area contributed by atoms with Crippen LogP contribution in [0, 0.1) is 10.1 Å². The number of furan rings is 1. The zero-order chi connectivity index (χ0) is 19.3. The van der Waals surface area contributed by atoms with E-state index in [0.717, 1.165) is 34.6 Å². The highest BCUT2D eigenvalue weighted by atomic mass is 32.2. The van der Waals surface area contributed by atoms with E-state index in [0.29, 0.717) is 11.3 Å². The smallest absolute Gasteiger partial charge is 0.433 e. The summed E-state index contributed by atoms with van der Waals surface area (Å²) in [7, 11) is -3.27. The summed E-state index contributed by atoms with van der Waals surface area (Å²) in [4.78, 5) is 34.6. The van der Waals surface area contributed by atoms with Crippen LogP contribution in [0.4, 0.5) is 5.88 Å². The Balaban J connectivity index is 1.85. The number of thiophene rings is 1. The lowest BCUT2D eigenvalue weighted by Crippen LogP contribution is -2.24. The molecule has 0 radical (unpaired) electrons. The van der Waals surface area contributed by atoms with Gasteiger partial charge in [0.05, 0.1) is 17.2 Å². The Kier molecular flexibility index (Phi) is 6.23. The molecule has 10 nitrogen and oxygen atoms in total. The average molecular weight is 402 g/mol. The fraction of sp³-hybridized carbons (Fsp3) is 0.286. The number of carbonyl (C=O) groups excluding carboxylic acids is 2. The van der Waals surface area contributed by atoms with Gasteiger partial charge in [0.25, 0.3) is 0 Å². The van der Waals surface area contributed by atoms with Crippen molar-refractivity contribution in [1.82, 2.24) is 4.72 Å². The molecule has 0 atom stereocenters. The molecule has 140 valence electrons. The normalized spacial score (nSPS) is 11.3. The third kappa shape index (κ3) is 5.75. The van der Waals surface area contributed by atoms with Gasteiger partial charge in [0.2, 0.25) is 21.6 Å². The molecule has 0 aliphatic rings. The number of ether oxygens (including phenoxy) is 1. The molecule has 26 heavy (non-hydrogen) atoms. The van der Waals surface area contributed by atoms with Crippen LogP contribution in [0.1, 0.15) is 25.1 Å². The van der Waals surface area contributed by atoms with E-state index in [-0.39, 0.29) is 12.3 Å². The van der Waals surface area contributed by atoms with Gasteiger partial charge in [-0.1, -0.05) is 0 Å². The Morgan fingerprint density at radius 3 is 2.65 bits per heavy atom. The predicted octanol–water partition coefficient (Wildman–Crippen LogP) is 1.38. The number of esters is 1. The highest BCUT2D eigenvalue weighted by Gasteiger charge is 2.20. The molecule has 0 spiro atoms. The maximum Gasteiger partial charge on any atom is 0.433 e. The van der Waals surface area contributed by atoms with Gasteiger partial charge < -0.3 is 9.15 Å². The van der Waals surface area contributed by atoms with E-state index >= 15 is 0 Å². The second kappa shape index (κ2) is 8.21. The van der Waals surface area contributed by atoms with Crippen molar-refractivity contribution in [1.29, 1.82) is 0 Å². The van der Waals surface area contributed by atoms with Crippen molar-refractivity contribution in [3.63, 3.8) is 0 Å². The monoisotopic (exact) mass is 402 g/mol. The zero-order valence-corrected chi connectivity index (χ0v) is 15.1. The largest absolute Gasteiger partial charge is 0.451 e. The van der Waals surface area contributed by atoms with Gasteiger partial charge in [-0.25, -0.2) is 17.9 Å². The fourth-order valence-electron chi connectivity index (χ4n) is 1.83. The highest BCUT2D eigenvalue weighted by Crippen LogP contribution is 2.19. The molecule has 0 aliphatic heterocycles. The number of nitrogens with one attached hydrogen (secondary N) is 1. The standard InChI is InChI=1S/C14H14N2O8S2/c1-26(21,22)15-7-6-9-2-4-12(25-9)10(17)8-23-14(18)11-3-5-13(24-11)16(19)20/h2-5,15H,6-8H2,1H3. The molecular weight excluding hydrogens is 388 g/mol. The summed E-state index contributed by atoms with van der Waals surface area (Å²) in [6.07, 6.45) is 1.47. The van der Waals surface area contributed by atoms with Crippen LogP contribution in [0.15, 0.2) is 28.7 Å². The molecule has 0 aromatic carbocycles. The molecule has 0 unspecified atom stereocenters. The van der Waals surface area contributed by atoms with Crippen molar-refractivity contribution in [3.05, 3.63) is 49.9 Å². The Bertz CT molecular complexity index is 928. The van der Waals surface area contributed by atoms with Gasteiger partial charge in [-0.2, -0.15) is 0 Å². The highest BCUT2D eigenvalue weighted by molar-refractivity contribution is 7.88. The molecule has 2 heterocycles. The summed E-state index contributed by atoms with van der Waals surface area (Å²) in [5, 5.41) is 10.5. The summed E-state index contributed by atoms with van der Waals surface area (Å²) < 4.78 is 33.8. The molecule has 0 saturated carbocycles. The number of hydrogen-bond donors (Lipinski definition) is 1. The maximum absolute atomic E-state index is 12.0. The van der Waals surface area contributed by atoms with Gasteiger partial charge in [0.1, 0.15) is 4.92 Å². The first-order valence-corrected chi connectivity index (χ1v) is 9.84. The first-order valence-electron chi connectivity index (χ1n) is 7.13. The van der Waals surface area contributed by atoms with E-state index in [1.807, 2.05) is 0 Å². The Morgan fingerprint density at radius 1 is 1.31 bits per heavy atom. The third-order valence-corrected chi connectivity index (χ3v) is 4.89. The van der Waals surface area contributed by atoms with Crippen LogP contribution in [0.5, 0.6) is 0 Å². The summed E-state index contributed by atoms with van der Waals surface area (Å²) in [6.45, 7) is -0.339. The van der Waals surface area contributed by atoms with E-state index in [4.69, 9.17) is 4.74 Å². The Hall–Kier alpha value is -2.57. The van der Waals surface area contributed by atoms with Crippen molar-refractivity contribution >= 4 is 39.0 Å². The van der Waals surface area contributed by atoms with Crippen molar-refractivity contribution in [2.24, 2.45) is 0 Å². The summed E-state index contributed by atoms with van der Waals surface area (Å²) in [6, 6.07) is 5.32. The topological polar surface area (TPSA) is 146 Å². The molecule has 2 aromatic heterocycles. The molecular formula is C14H14N2O8S2. The van der Waals surface area contributed by atoms with Gasteiger partial charge in [-0.05, 0) is 24.6 Å². The summed E-state index contributed by atoms with van der Waals surface area (Å²) in [5.74, 6) is -2.41. The summed E-state index contributed by atoms with van der Waals surface area (Å²) in [5.41, 5.74) is 0. The van der Waals surface area contributed by atoms with Crippen LogP contribution in [0.25, 0.3) is 0 Å². The Morgan fingerprint density at radius 2 is 2.04 bits per heavy atom. The van der Waals surface area contributed by atoms with Gasteiger partial charge in [-0.15, -0.1) is 11.3 Å². The second-order valence-electron chi connectivity index (χ2n) is 5.08. The molecule has 2 rings (SSSR count). The fourth-order valence-corrected chi connectivity index (χ4v) is 3.23. The van der Waals surface area contributed by atoms with Crippen LogP contribution >= 0.6 is 11.3 Å². The maximum atomic E-state index is 12.0. The number of hydrogen-bond acceptors (Lipinski definition) is 9. The van der Waals surface area contributed by atoms with E-state index in [1.165, 1.54) is 0 Å². The predicted molar refractivity (Wildman–Crippen MR) is 90.8 cm³/mol. The molecule has 12 heteroatoms. The number of sulfonamides is 1. The second-order valence-corrected chi connectivity index (χ2v) is 8.08. The summed E-state index contributed by atoms with van der Waals surface area (Å²) >= 11 is 1.16. The van der Waals surface area contributed by atoms with Crippen LogP contribution < -0.4 is 4.72 Å². The van der Waals surface area contributed by atoms with Crippen LogP contribution in [0.3, 0.4) is 0 Å². The quantitative estimate of drug-likeness (QED) is 0.286. The first kappa shape index (κ1) is 19.8. The first-order chi connectivity index (χ1) is 12.2. The molecule has 0 bridgehead atoms. The number of ketones is 1. The minimum Gasteiger partial charge on any atom is -0.451 e. The zero-order valence-electron chi connectivity index (χ0n) is 13.5. The van der Waals surface area contributed by atoms with E-state index in [2.05, 4.69) is 9.14 Å². The SMILES string of the molecule is CS(=O)(=O)NCCc1ccc(C(=O)COC(=O)c2ccc([N+](=O)[O-])o2)s1. The molecule has 0 fully saturated rings. The van der Waals surface area contributed by atoms with Gasteiger partial charge in [0.15, 0.2) is 6.61 Å². The Labute approximate surface area is 152 Å². The lowest BCUT2D eigenvalue weighted by molar-refractivity contribution is -0.402. The van der Waals surface area contributed by atoms with Crippen molar-refractivity contribution in [3.8, 4) is 0 Å². The molecule has 1 N–H and O–H groups in total. The molecule has 2 aromatic rings. The van der Waals surface area contributed by atoms with E-state index in [1.54, 1.807) is 12.1 Å². The van der Waals surface area contributed by atoms with E-state index < -0.39 is 39.2 Å². The molecule has 0 aliphatic carbocycles. The lowest BCUT2D eigenvalue weighted by Gasteiger charge is -2.01. The van der Waals surface area contributed by atoms with Crippen LogP contribution in [-0.4, -0.2) is 44.5 Å². The third-order valence-electron chi connectivity index (χ3n) is 2.98. The minimum absolute atomic E-state index is 0.208.